The van der Waals surface area contributed by atoms with E-state index in [1.165, 1.54) is 13.8 Å². The molecule has 2 N–H and O–H groups in total. The van der Waals surface area contributed by atoms with Crippen molar-refractivity contribution in [2.75, 3.05) is 6.54 Å². The smallest absolute Gasteiger partial charge is 0.416 e. The van der Waals surface area contributed by atoms with Crippen LogP contribution in [0.15, 0.2) is 18.2 Å². The van der Waals surface area contributed by atoms with Crippen LogP contribution in [0.2, 0.25) is 0 Å². The van der Waals surface area contributed by atoms with Crippen LogP contribution in [-0.2, 0) is 11.0 Å². The molecule has 1 aromatic rings. The second kappa shape index (κ2) is 5.71. The van der Waals surface area contributed by atoms with Gasteiger partial charge in [0.25, 0.3) is 5.91 Å². The first-order valence-corrected chi connectivity index (χ1v) is 5.83. The largest absolute Gasteiger partial charge is 0.481 e. The molecule has 0 aliphatic rings. The molecule has 0 fully saturated rings. The molecule has 21 heavy (non-hydrogen) atoms. The number of amides is 1. The Hall–Kier alpha value is -2.12. The predicted octanol–water partition coefficient (Wildman–Crippen LogP) is 2.69. The van der Waals surface area contributed by atoms with E-state index in [0.29, 0.717) is 18.2 Å². The fraction of sp³-hybridized carbons (Fsp3) is 0.385. The Kier molecular flexibility index (Phi) is 4.60. The van der Waals surface area contributed by atoms with E-state index in [9.17, 15) is 27.2 Å². The Morgan fingerprint density at radius 1 is 1.24 bits per heavy atom. The van der Waals surface area contributed by atoms with E-state index in [1.54, 1.807) is 0 Å². The van der Waals surface area contributed by atoms with E-state index >= 15 is 0 Å². The van der Waals surface area contributed by atoms with Crippen LogP contribution in [0.25, 0.3) is 0 Å². The fourth-order valence-corrected chi connectivity index (χ4v) is 1.35. The van der Waals surface area contributed by atoms with Gasteiger partial charge in [0.1, 0.15) is 5.82 Å². The number of hydrogen-bond donors (Lipinski definition) is 2. The van der Waals surface area contributed by atoms with Crippen LogP contribution >= 0.6 is 0 Å². The molecule has 0 unspecified atom stereocenters. The zero-order chi connectivity index (χ0) is 16.4. The SMILES string of the molecule is CC(C)(CNC(=O)c1cc(C(F)(F)F)ccc1F)C(=O)O. The summed E-state index contributed by atoms with van der Waals surface area (Å²) >= 11 is 0. The highest BCUT2D eigenvalue weighted by Gasteiger charge is 2.32. The maximum Gasteiger partial charge on any atom is 0.416 e. The van der Waals surface area contributed by atoms with Gasteiger partial charge >= 0.3 is 12.1 Å². The van der Waals surface area contributed by atoms with Gasteiger partial charge in [-0.05, 0) is 32.0 Å². The molecule has 0 aromatic heterocycles. The van der Waals surface area contributed by atoms with Crippen molar-refractivity contribution in [1.82, 2.24) is 5.32 Å². The minimum absolute atomic E-state index is 0.350. The number of benzene rings is 1. The van der Waals surface area contributed by atoms with Crippen LogP contribution in [0.4, 0.5) is 17.6 Å². The van der Waals surface area contributed by atoms with Gasteiger partial charge in [0.2, 0.25) is 0 Å². The van der Waals surface area contributed by atoms with Crippen molar-refractivity contribution in [3.8, 4) is 0 Å². The zero-order valence-electron chi connectivity index (χ0n) is 11.2. The van der Waals surface area contributed by atoms with E-state index in [1.807, 2.05) is 0 Å². The second-order valence-electron chi connectivity index (χ2n) is 5.06. The van der Waals surface area contributed by atoms with Crippen LogP contribution in [0.3, 0.4) is 0 Å². The van der Waals surface area contributed by atoms with Gasteiger partial charge in [-0.15, -0.1) is 0 Å². The van der Waals surface area contributed by atoms with Gasteiger partial charge in [0.05, 0.1) is 16.5 Å². The van der Waals surface area contributed by atoms with Crippen LogP contribution < -0.4 is 5.32 Å². The Bertz CT molecular complexity index is 567. The molecule has 1 aromatic carbocycles. The summed E-state index contributed by atoms with van der Waals surface area (Å²) in [7, 11) is 0. The quantitative estimate of drug-likeness (QED) is 0.841. The molecule has 0 radical (unpaired) electrons. The average Bonchev–Trinajstić information content (AvgIpc) is 2.35. The second-order valence-corrected chi connectivity index (χ2v) is 5.06. The van der Waals surface area contributed by atoms with E-state index in [2.05, 4.69) is 5.32 Å². The minimum Gasteiger partial charge on any atom is -0.481 e. The molecular formula is C13H13F4NO3. The number of hydrogen-bond acceptors (Lipinski definition) is 2. The molecule has 0 heterocycles. The Labute approximate surface area is 117 Å². The van der Waals surface area contributed by atoms with E-state index in [0.717, 1.165) is 0 Å². The lowest BCUT2D eigenvalue weighted by atomic mass is 9.94. The first kappa shape index (κ1) is 16.9. The number of aliphatic carboxylic acids is 1. The van der Waals surface area contributed by atoms with Gasteiger partial charge in [-0.3, -0.25) is 9.59 Å². The number of carboxylic acids is 1. The van der Waals surface area contributed by atoms with E-state index < -0.39 is 40.4 Å². The number of carboxylic acid groups (broad SMARTS) is 1. The number of alkyl halides is 3. The molecule has 4 nitrogen and oxygen atoms in total. The first-order chi connectivity index (χ1) is 9.45. The molecule has 0 aliphatic carbocycles. The third kappa shape index (κ3) is 4.17. The van der Waals surface area contributed by atoms with Gasteiger partial charge in [-0.2, -0.15) is 13.2 Å². The monoisotopic (exact) mass is 307 g/mol. The average molecular weight is 307 g/mol. The van der Waals surface area contributed by atoms with Crippen LogP contribution in [-0.4, -0.2) is 23.5 Å². The number of nitrogens with one attached hydrogen (secondary N) is 1. The molecular weight excluding hydrogens is 294 g/mol. The molecule has 0 saturated heterocycles. The standard InChI is InChI=1S/C13H13F4NO3/c1-12(2,11(20)21)6-18-10(19)8-5-7(13(15,16)17)3-4-9(8)14/h3-5H,6H2,1-2H3,(H,18,19)(H,20,21). The molecule has 0 bridgehead atoms. The molecule has 0 spiro atoms. The molecule has 1 amide bonds. The lowest BCUT2D eigenvalue weighted by Crippen LogP contribution is -2.39. The predicted molar refractivity (Wildman–Crippen MR) is 65.2 cm³/mol. The zero-order valence-corrected chi connectivity index (χ0v) is 11.2. The Morgan fingerprint density at radius 2 is 1.81 bits per heavy atom. The van der Waals surface area contributed by atoms with E-state index in [-0.39, 0.29) is 6.54 Å². The lowest BCUT2D eigenvalue weighted by molar-refractivity contribution is -0.146. The maximum atomic E-state index is 13.4. The highest BCUT2D eigenvalue weighted by atomic mass is 19.4. The van der Waals surface area contributed by atoms with Crippen molar-refractivity contribution in [3.63, 3.8) is 0 Å². The summed E-state index contributed by atoms with van der Waals surface area (Å²) in [5.74, 6) is -3.42. The number of halogens is 4. The molecule has 0 saturated carbocycles. The van der Waals surface area contributed by atoms with Crippen molar-refractivity contribution in [3.05, 3.63) is 35.1 Å². The first-order valence-electron chi connectivity index (χ1n) is 5.83. The summed E-state index contributed by atoms with van der Waals surface area (Å²) in [6.45, 7) is 2.28. The Morgan fingerprint density at radius 3 is 2.29 bits per heavy atom. The number of carbonyl (C=O) groups excluding carboxylic acids is 1. The van der Waals surface area contributed by atoms with Crippen LogP contribution in [0.5, 0.6) is 0 Å². The maximum absolute atomic E-state index is 13.4. The lowest BCUT2D eigenvalue weighted by Gasteiger charge is -2.19. The summed E-state index contributed by atoms with van der Waals surface area (Å²) in [6.07, 6.45) is -4.71. The van der Waals surface area contributed by atoms with Gasteiger partial charge in [0.15, 0.2) is 0 Å². The molecule has 0 atom stereocenters. The molecule has 0 aliphatic heterocycles. The van der Waals surface area contributed by atoms with Gasteiger partial charge in [0, 0.05) is 6.54 Å². The number of rotatable bonds is 4. The van der Waals surface area contributed by atoms with Crippen molar-refractivity contribution in [1.29, 1.82) is 0 Å². The van der Waals surface area contributed by atoms with Gasteiger partial charge < -0.3 is 10.4 Å². The van der Waals surface area contributed by atoms with Crippen molar-refractivity contribution >= 4 is 11.9 Å². The topological polar surface area (TPSA) is 66.4 Å². The summed E-state index contributed by atoms with van der Waals surface area (Å²) in [6, 6.07) is 1.45. The summed E-state index contributed by atoms with van der Waals surface area (Å²) in [5.41, 5.74) is -3.27. The highest BCUT2D eigenvalue weighted by Crippen LogP contribution is 2.30. The highest BCUT2D eigenvalue weighted by molar-refractivity contribution is 5.95. The van der Waals surface area contributed by atoms with Crippen LogP contribution in [0.1, 0.15) is 29.8 Å². The summed E-state index contributed by atoms with van der Waals surface area (Å²) in [5, 5.41) is 11.0. The van der Waals surface area contributed by atoms with Crippen molar-refractivity contribution in [2.45, 2.75) is 20.0 Å². The fourth-order valence-electron chi connectivity index (χ4n) is 1.35. The van der Waals surface area contributed by atoms with Crippen molar-refractivity contribution < 1.29 is 32.3 Å². The number of carbonyl (C=O) groups is 2. The molecule has 116 valence electrons. The van der Waals surface area contributed by atoms with Crippen molar-refractivity contribution in [2.24, 2.45) is 5.41 Å². The minimum atomic E-state index is -4.71. The Balaban J connectivity index is 2.95. The van der Waals surface area contributed by atoms with Crippen LogP contribution in [0, 0.1) is 11.2 Å². The molecule has 1 rings (SSSR count). The summed E-state index contributed by atoms with van der Waals surface area (Å²) in [4.78, 5) is 22.6. The third-order valence-electron chi connectivity index (χ3n) is 2.81. The summed E-state index contributed by atoms with van der Waals surface area (Å²) < 4.78 is 51.0. The normalized spacial score (nSPS) is 12.1. The third-order valence-corrected chi connectivity index (χ3v) is 2.81. The van der Waals surface area contributed by atoms with E-state index in [4.69, 9.17) is 5.11 Å². The van der Waals surface area contributed by atoms with Gasteiger partial charge in [-0.1, -0.05) is 0 Å². The van der Waals surface area contributed by atoms with Gasteiger partial charge in [-0.25, -0.2) is 4.39 Å². The molecule has 8 heteroatoms.